The molecule has 0 aromatic heterocycles. The smallest absolute Gasteiger partial charge is 0.266 e. The SMILES string of the molecule is COC1=C(N2C(=O)c3ccccc3C2=O)CN=C1c1ccc(F)cc1. The van der Waals surface area contributed by atoms with Gasteiger partial charge >= 0.3 is 0 Å². The molecule has 0 aliphatic carbocycles. The molecule has 2 amide bonds. The third-order valence-corrected chi connectivity index (χ3v) is 4.25. The van der Waals surface area contributed by atoms with Gasteiger partial charge in [0.1, 0.15) is 11.5 Å². The molecule has 0 spiro atoms. The highest BCUT2D eigenvalue weighted by molar-refractivity contribution is 6.23. The number of carbonyl (C=O) groups is 2. The van der Waals surface area contributed by atoms with Crippen molar-refractivity contribution in [2.45, 2.75) is 0 Å². The zero-order valence-electron chi connectivity index (χ0n) is 13.3. The Kier molecular flexibility index (Phi) is 3.46. The van der Waals surface area contributed by atoms with E-state index in [9.17, 15) is 14.0 Å². The van der Waals surface area contributed by atoms with Crippen LogP contribution in [0, 0.1) is 5.82 Å². The number of halogens is 1. The van der Waals surface area contributed by atoms with Crippen molar-refractivity contribution in [3.8, 4) is 0 Å². The quantitative estimate of drug-likeness (QED) is 0.810. The fraction of sp³-hybridized carbons (Fsp3) is 0.105. The Morgan fingerprint density at radius 3 is 2.16 bits per heavy atom. The second kappa shape index (κ2) is 5.66. The van der Waals surface area contributed by atoms with Crippen LogP contribution in [0.4, 0.5) is 4.39 Å². The second-order valence-electron chi connectivity index (χ2n) is 5.64. The Bertz CT molecular complexity index is 926. The van der Waals surface area contributed by atoms with E-state index in [0.29, 0.717) is 33.9 Å². The van der Waals surface area contributed by atoms with E-state index in [-0.39, 0.29) is 24.2 Å². The van der Waals surface area contributed by atoms with Crippen molar-refractivity contribution in [2.75, 3.05) is 13.7 Å². The van der Waals surface area contributed by atoms with Gasteiger partial charge < -0.3 is 4.74 Å². The van der Waals surface area contributed by atoms with Crippen LogP contribution in [0.25, 0.3) is 0 Å². The Labute approximate surface area is 143 Å². The van der Waals surface area contributed by atoms with Crippen LogP contribution in [0.1, 0.15) is 26.3 Å². The number of amides is 2. The van der Waals surface area contributed by atoms with Gasteiger partial charge in [0.15, 0.2) is 5.76 Å². The third-order valence-electron chi connectivity index (χ3n) is 4.25. The molecule has 2 aromatic carbocycles. The maximum Gasteiger partial charge on any atom is 0.266 e. The Morgan fingerprint density at radius 2 is 1.60 bits per heavy atom. The predicted octanol–water partition coefficient (Wildman–Crippen LogP) is 2.78. The van der Waals surface area contributed by atoms with E-state index in [2.05, 4.69) is 4.99 Å². The molecule has 2 aliphatic rings. The number of imide groups is 1. The van der Waals surface area contributed by atoms with Crippen LogP contribution in [0.2, 0.25) is 0 Å². The third kappa shape index (κ3) is 2.26. The minimum Gasteiger partial charge on any atom is -0.493 e. The lowest BCUT2D eigenvalue weighted by Crippen LogP contribution is -2.31. The molecule has 124 valence electrons. The number of aliphatic imine (C=N–C) groups is 1. The summed E-state index contributed by atoms with van der Waals surface area (Å²) in [7, 11) is 1.46. The lowest BCUT2D eigenvalue weighted by Gasteiger charge is -2.16. The van der Waals surface area contributed by atoms with Crippen molar-refractivity contribution >= 4 is 17.5 Å². The van der Waals surface area contributed by atoms with E-state index < -0.39 is 0 Å². The first kappa shape index (κ1) is 15.3. The van der Waals surface area contributed by atoms with Crippen LogP contribution in [0.15, 0.2) is 65.0 Å². The summed E-state index contributed by atoms with van der Waals surface area (Å²) in [6.07, 6.45) is 0. The van der Waals surface area contributed by atoms with Crippen LogP contribution >= 0.6 is 0 Å². The summed E-state index contributed by atoms with van der Waals surface area (Å²) in [6.45, 7) is 0.140. The Hall–Kier alpha value is -3.28. The van der Waals surface area contributed by atoms with Gasteiger partial charge in [0.25, 0.3) is 11.8 Å². The molecular formula is C19H13FN2O3. The number of nitrogens with zero attached hydrogens (tertiary/aromatic N) is 2. The predicted molar refractivity (Wildman–Crippen MR) is 88.8 cm³/mol. The maximum absolute atomic E-state index is 13.1. The van der Waals surface area contributed by atoms with Crippen LogP contribution in [0.5, 0.6) is 0 Å². The van der Waals surface area contributed by atoms with Crippen molar-refractivity contribution in [3.05, 3.63) is 82.5 Å². The van der Waals surface area contributed by atoms with Crippen molar-refractivity contribution in [3.63, 3.8) is 0 Å². The monoisotopic (exact) mass is 336 g/mol. The number of carbonyl (C=O) groups excluding carboxylic acids is 2. The number of hydrogen-bond acceptors (Lipinski definition) is 4. The number of methoxy groups -OCH3 is 1. The van der Waals surface area contributed by atoms with E-state index >= 15 is 0 Å². The molecule has 5 nitrogen and oxygen atoms in total. The zero-order valence-corrected chi connectivity index (χ0v) is 13.3. The van der Waals surface area contributed by atoms with E-state index in [0.717, 1.165) is 4.90 Å². The number of allylic oxidation sites excluding steroid dienone is 1. The Morgan fingerprint density at radius 1 is 1.00 bits per heavy atom. The van der Waals surface area contributed by atoms with Gasteiger partial charge in [0.05, 0.1) is 30.5 Å². The second-order valence-corrected chi connectivity index (χ2v) is 5.64. The van der Waals surface area contributed by atoms with Crippen LogP contribution in [-0.4, -0.2) is 36.1 Å². The molecule has 2 heterocycles. The largest absolute Gasteiger partial charge is 0.493 e. The highest BCUT2D eigenvalue weighted by Crippen LogP contribution is 2.31. The lowest BCUT2D eigenvalue weighted by molar-refractivity contribution is 0.0696. The van der Waals surface area contributed by atoms with Crippen LogP contribution in [0.3, 0.4) is 0 Å². The first-order valence-corrected chi connectivity index (χ1v) is 7.67. The number of ether oxygens (including phenoxy) is 1. The number of benzene rings is 2. The molecule has 0 radical (unpaired) electrons. The number of fused-ring (bicyclic) bond motifs is 1. The molecule has 0 saturated heterocycles. The first-order chi connectivity index (χ1) is 12.1. The van der Waals surface area contributed by atoms with Gasteiger partial charge in [0, 0.05) is 5.56 Å². The minimum atomic E-state index is -0.388. The highest BCUT2D eigenvalue weighted by Gasteiger charge is 2.41. The number of rotatable bonds is 3. The van der Waals surface area contributed by atoms with Gasteiger partial charge in [-0.15, -0.1) is 0 Å². The maximum atomic E-state index is 13.1. The topological polar surface area (TPSA) is 59.0 Å². The summed E-state index contributed by atoms with van der Waals surface area (Å²) in [4.78, 5) is 30.8. The van der Waals surface area contributed by atoms with Gasteiger partial charge in [-0.2, -0.15) is 0 Å². The van der Waals surface area contributed by atoms with Gasteiger partial charge in [-0.3, -0.25) is 14.6 Å². The van der Waals surface area contributed by atoms with E-state index in [1.165, 1.54) is 19.2 Å². The molecule has 25 heavy (non-hydrogen) atoms. The van der Waals surface area contributed by atoms with E-state index in [4.69, 9.17) is 4.74 Å². The molecule has 0 atom stereocenters. The standard InChI is InChI=1S/C19H13FN2O3/c1-25-17-15(10-21-16(17)11-6-8-12(20)9-7-11)22-18(23)13-4-2-3-5-14(13)19(22)24/h2-9H,10H2,1H3. The number of hydrogen-bond donors (Lipinski definition) is 0. The minimum absolute atomic E-state index is 0.140. The molecule has 0 fully saturated rings. The normalized spacial score (nSPS) is 16.4. The van der Waals surface area contributed by atoms with Crippen LogP contribution in [-0.2, 0) is 4.74 Å². The summed E-state index contributed by atoms with van der Waals surface area (Å²) < 4.78 is 18.6. The lowest BCUT2D eigenvalue weighted by atomic mass is 10.1. The van der Waals surface area contributed by atoms with Crippen LogP contribution < -0.4 is 0 Å². The molecule has 4 rings (SSSR count). The summed E-state index contributed by atoms with van der Waals surface area (Å²) in [5, 5.41) is 0. The van der Waals surface area contributed by atoms with Gasteiger partial charge in [-0.25, -0.2) is 9.29 Å². The van der Waals surface area contributed by atoms with Gasteiger partial charge in [0.2, 0.25) is 0 Å². The van der Waals surface area contributed by atoms with Gasteiger partial charge in [-0.1, -0.05) is 12.1 Å². The van der Waals surface area contributed by atoms with E-state index in [1.807, 2.05) is 0 Å². The molecule has 0 bridgehead atoms. The summed E-state index contributed by atoms with van der Waals surface area (Å²) >= 11 is 0. The highest BCUT2D eigenvalue weighted by atomic mass is 19.1. The average molecular weight is 336 g/mol. The molecule has 2 aromatic rings. The summed E-state index contributed by atoms with van der Waals surface area (Å²) in [5.41, 5.74) is 2.28. The molecule has 0 N–H and O–H groups in total. The van der Waals surface area contributed by atoms with Gasteiger partial charge in [-0.05, 0) is 36.4 Å². The molecule has 0 unspecified atom stereocenters. The average Bonchev–Trinajstić information content (AvgIpc) is 3.15. The van der Waals surface area contributed by atoms with Crippen molar-refractivity contribution in [1.82, 2.24) is 4.90 Å². The summed E-state index contributed by atoms with van der Waals surface area (Å²) in [5.74, 6) is -0.784. The van der Waals surface area contributed by atoms with Crippen molar-refractivity contribution in [2.24, 2.45) is 4.99 Å². The molecule has 2 aliphatic heterocycles. The van der Waals surface area contributed by atoms with Crippen molar-refractivity contribution in [1.29, 1.82) is 0 Å². The fourth-order valence-electron chi connectivity index (χ4n) is 3.09. The molecule has 6 heteroatoms. The molecular weight excluding hydrogens is 323 g/mol. The van der Waals surface area contributed by atoms with Crippen molar-refractivity contribution < 1.29 is 18.7 Å². The van der Waals surface area contributed by atoms with E-state index in [1.54, 1.807) is 36.4 Å². The first-order valence-electron chi connectivity index (χ1n) is 7.67. The summed E-state index contributed by atoms with van der Waals surface area (Å²) in [6, 6.07) is 12.5. The Balaban J connectivity index is 1.76. The molecule has 0 saturated carbocycles. The fourth-order valence-corrected chi connectivity index (χ4v) is 3.09. The zero-order chi connectivity index (χ0) is 17.6.